The Morgan fingerprint density at radius 3 is 2.62 bits per heavy atom. The number of anilines is 1. The Kier molecular flexibility index (Phi) is 5.41. The summed E-state index contributed by atoms with van der Waals surface area (Å²) in [4.78, 5) is 22.3. The van der Waals surface area contributed by atoms with E-state index in [9.17, 15) is 14.9 Å². The molecule has 0 bridgehead atoms. The Morgan fingerprint density at radius 2 is 2.00 bits per heavy atom. The topological polar surface area (TPSA) is 81.5 Å². The van der Waals surface area contributed by atoms with Crippen LogP contribution in [0.2, 0.25) is 5.02 Å². The molecule has 6 nitrogen and oxygen atoms in total. The molecule has 0 atom stereocenters. The minimum atomic E-state index is -0.723. The predicted molar refractivity (Wildman–Crippen MR) is 93.0 cm³/mol. The first kappa shape index (κ1) is 17.7. The van der Waals surface area contributed by atoms with Crippen LogP contribution < -0.4 is 10.1 Å². The highest BCUT2D eigenvalue weighted by atomic mass is 35.5. The second-order valence-electron chi connectivity index (χ2n) is 5.62. The lowest BCUT2D eigenvalue weighted by atomic mass is 10.0. The van der Waals surface area contributed by atoms with Crippen LogP contribution in [0.3, 0.4) is 0 Å². The van der Waals surface area contributed by atoms with Crippen molar-refractivity contribution in [3.8, 4) is 5.75 Å². The van der Waals surface area contributed by atoms with Crippen LogP contribution in [0.15, 0.2) is 36.4 Å². The molecule has 0 saturated carbocycles. The normalized spacial score (nSPS) is 10.5. The lowest BCUT2D eigenvalue weighted by Gasteiger charge is -2.15. The molecule has 0 unspecified atom stereocenters. The van der Waals surface area contributed by atoms with Gasteiger partial charge in [0.05, 0.1) is 10.6 Å². The largest absolute Gasteiger partial charge is 0.417 e. The summed E-state index contributed by atoms with van der Waals surface area (Å²) in [5, 5.41) is 13.9. The first-order valence-corrected chi connectivity index (χ1v) is 7.69. The number of amides is 1. The summed E-state index contributed by atoms with van der Waals surface area (Å²) in [6.07, 6.45) is -0.723. The summed E-state index contributed by atoms with van der Waals surface area (Å²) in [7, 11) is 0. The van der Waals surface area contributed by atoms with Crippen molar-refractivity contribution in [2.45, 2.75) is 26.7 Å². The highest BCUT2D eigenvalue weighted by molar-refractivity contribution is 6.31. The van der Waals surface area contributed by atoms with Gasteiger partial charge < -0.3 is 4.74 Å². The zero-order valence-corrected chi connectivity index (χ0v) is 14.3. The first-order chi connectivity index (χ1) is 11.3. The molecule has 0 radical (unpaired) electrons. The molecule has 0 aliphatic carbocycles. The Labute approximate surface area is 144 Å². The van der Waals surface area contributed by atoms with Crippen molar-refractivity contribution in [1.29, 1.82) is 0 Å². The maximum atomic E-state index is 12.1. The second kappa shape index (κ2) is 7.31. The van der Waals surface area contributed by atoms with Crippen LogP contribution in [-0.2, 0) is 0 Å². The first-order valence-electron chi connectivity index (χ1n) is 7.31. The van der Waals surface area contributed by atoms with Gasteiger partial charge in [-0.1, -0.05) is 31.5 Å². The third kappa shape index (κ3) is 4.23. The van der Waals surface area contributed by atoms with Gasteiger partial charge in [-0.05, 0) is 42.2 Å². The lowest BCUT2D eigenvalue weighted by Crippen LogP contribution is -2.18. The fourth-order valence-electron chi connectivity index (χ4n) is 2.15. The van der Waals surface area contributed by atoms with E-state index in [2.05, 4.69) is 5.32 Å². The summed E-state index contributed by atoms with van der Waals surface area (Å²) in [6, 6.07) is 9.11. The van der Waals surface area contributed by atoms with Crippen LogP contribution in [0, 0.1) is 17.0 Å². The van der Waals surface area contributed by atoms with Gasteiger partial charge in [-0.3, -0.25) is 15.4 Å². The molecule has 0 fully saturated rings. The molecular formula is C17H17ClN2O4. The summed E-state index contributed by atoms with van der Waals surface area (Å²) in [6.45, 7) is 5.75. The van der Waals surface area contributed by atoms with E-state index in [4.69, 9.17) is 16.3 Å². The Morgan fingerprint density at radius 1 is 1.29 bits per heavy atom. The molecule has 0 aromatic heterocycles. The number of nitro groups is 1. The third-order valence-corrected chi connectivity index (χ3v) is 3.83. The van der Waals surface area contributed by atoms with Crippen molar-refractivity contribution < 1.29 is 14.5 Å². The minimum absolute atomic E-state index is 0.113. The Bertz CT molecular complexity index is 790. The van der Waals surface area contributed by atoms with Crippen molar-refractivity contribution in [3.63, 3.8) is 0 Å². The molecule has 2 aromatic carbocycles. The van der Waals surface area contributed by atoms with Gasteiger partial charge in [0.1, 0.15) is 5.75 Å². The summed E-state index contributed by atoms with van der Waals surface area (Å²) in [5.74, 6) is 0.526. The van der Waals surface area contributed by atoms with Crippen LogP contribution >= 0.6 is 11.6 Å². The number of rotatable bonds is 4. The number of nitrogens with zero attached hydrogens (tertiary/aromatic N) is 1. The van der Waals surface area contributed by atoms with Crippen LogP contribution in [0.1, 0.15) is 30.9 Å². The number of ether oxygens (including phenoxy) is 1. The van der Waals surface area contributed by atoms with Crippen molar-refractivity contribution in [2.75, 3.05) is 5.32 Å². The SMILES string of the molecule is Cc1cc(OC(=O)Nc2cccc([N+](=O)[O-])c2)c(C(C)C)cc1Cl. The van der Waals surface area contributed by atoms with Crippen LogP contribution in [-0.4, -0.2) is 11.0 Å². The molecule has 2 aromatic rings. The standard InChI is InChI=1S/C17H17ClN2O4/c1-10(2)14-9-15(18)11(3)7-16(14)24-17(21)19-12-5-4-6-13(8-12)20(22)23/h4-10H,1-3H3,(H,19,21). The molecule has 1 N–H and O–H groups in total. The molecule has 126 valence electrons. The number of hydrogen-bond donors (Lipinski definition) is 1. The minimum Gasteiger partial charge on any atom is -0.410 e. The Balaban J connectivity index is 2.20. The maximum absolute atomic E-state index is 12.1. The van der Waals surface area contributed by atoms with Gasteiger partial charge in [-0.2, -0.15) is 0 Å². The highest BCUT2D eigenvalue weighted by Crippen LogP contribution is 2.32. The zero-order valence-electron chi connectivity index (χ0n) is 13.5. The van der Waals surface area contributed by atoms with Crippen molar-refractivity contribution in [1.82, 2.24) is 0 Å². The van der Waals surface area contributed by atoms with Crippen LogP contribution in [0.4, 0.5) is 16.2 Å². The molecular weight excluding hydrogens is 332 g/mol. The van der Waals surface area contributed by atoms with E-state index >= 15 is 0 Å². The molecule has 0 aliphatic rings. The van der Waals surface area contributed by atoms with E-state index in [1.165, 1.54) is 18.2 Å². The van der Waals surface area contributed by atoms with Gasteiger partial charge in [0, 0.05) is 17.2 Å². The molecule has 7 heteroatoms. The van der Waals surface area contributed by atoms with Crippen molar-refractivity contribution in [2.24, 2.45) is 0 Å². The summed E-state index contributed by atoms with van der Waals surface area (Å²) < 4.78 is 5.37. The number of carbonyl (C=O) groups is 1. The van der Waals surface area contributed by atoms with Gasteiger partial charge in [0.25, 0.3) is 5.69 Å². The van der Waals surface area contributed by atoms with Gasteiger partial charge in [-0.25, -0.2) is 4.79 Å². The van der Waals surface area contributed by atoms with E-state index in [0.29, 0.717) is 10.8 Å². The molecule has 24 heavy (non-hydrogen) atoms. The van der Waals surface area contributed by atoms with E-state index in [1.54, 1.807) is 18.2 Å². The summed E-state index contributed by atoms with van der Waals surface area (Å²) >= 11 is 6.12. The lowest BCUT2D eigenvalue weighted by molar-refractivity contribution is -0.384. The number of aryl methyl sites for hydroxylation is 1. The average molecular weight is 349 g/mol. The molecule has 0 heterocycles. The maximum Gasteiger partial charge on any atom is 0.417 e. The third-order valence-electron chi connectivity index (χ3n) is 3.42. The number of nitrogens with one attached hydrogen (secondary N) is 1. The van der Waals surface area contributed by atoms with Crippen molar-refractivity contribution in [3.05, 3.63) is 62.7 Å². The zero-order chi connectivity index (χ0) is 17.9. The van der Waals surface area contributed by atoms with Crippen LogP contribution in [0.5, 0.6) is 5.75 Å². The molecule has 0 spiro atoms. The second-order valence-corrected chi connectivity index (χ2v) is 6.02. The number of nitro benzene ring substituents is 1. The number of halogens is 1. The quantitative estimate of drug-likeness (QED) is 0.601. The molecule has 1 amide bonds. The number of non-ortho nitro benzene ring substituents is 1. The van der Waals surface area contributed by atoms with Gasteiger partial charge in [0.2, 0.25) is 0 Å². The van der Waals surface area contributed by atoms with Gasteiger partial charge in [0.15, 0.2) is 0 Å². The monoisotopic (exact) mass is 348 g/mol. The number of benzene rings is 2. The smallest absolute Gasteiger partial charge is 0.410 e. The average Bonchev–Trinajstić information content (AvgIpc) is 2.50. The van der Waals surface area contributed by atoms with E-state index < -0.39 is 11.0 Å². The highest BCUT2D eigenvalue weighted by Gasteiger charge is 2.15. The van der Waals surface area contributed by atoms with E-state index in [1.807, 2.05) is 20.8 Å². The van der Waals surface area contributed by atoms with E-state index in [-0.39, 0.29) is 17.3 Å². The molecule has 0 saturated heterocycles. The summed E-state index contributed by atoms with van der Waals surface area (Å²) in [5.41, 5.74) is 1.77. The van der Waals surface area contributed by atoms with Gasteiger partial charge in [-0.15, -0.1) is 0 Å². The molecule has 2 rings (SSSR count). The number of hydrogen-bond acceptors (Lipinski definition) is 4. The predicted octanol–water partition coefficient (Wildman–Crippen LogP) is 5.29. The van der Waals surface area contributed by atoms with Gasteiger partial charge >= 0.3 is 6.09 Å². The fourth-order valence-corrected chi connectivity index (χ4v) is 2.32. The molecule has 0 aliphatic heterocycles. The van der Waals surface area contributed by atoms with Crippen LogP contribution in [0.25, 0.3) is 0 Å². The van der Waals surface area contributed by atoms with Crippen molar-refractivity contribution >= 4 is 29.1 Å². The number of carbonyl (C=O) groups excluding carboxylic acids is 1. The fraction of sp³-hybridized carbons (Fsp3) is 0.235. The van der Waals surface area contributed by atoms with E-state index in [0.717, 1.165) is 11.1 Å². The Hall–Kier alpha value is -2.60.